The van der Waals surface area contributed by atoms with Gasteiger partial charge < -0.3 is 9.84 Å². The van der Waals surface area contributed by atoms with Crippen LogP contribution in [0.1, 0.15) is 5.69 Å². The van der Waals surface area contributed by atoms with Gasteiger partial charge in [-0.05, 0) is 24.8 Å². The molecule has 0 radical (unpaired) electrons. The summed E-state index contributed by atoms with van der Waals surface area (Å²) in [6, 6.07) is 1.56. The number of aryl methyl sites for hydroxylation is 1. The molecule has 0 spiro atoms. The number of hydrogen-bond donors (Lipinski definition) is 2. The Morgan fingerprint density at radius 3 is 2.71 bits per heavy atom. The molecule has 8 heteroatoms. The Hall–Kier alpha value is -0.950. The minimum atomic E-state index is 0.349. The SMILES string of the molecule is Cc1coc(Sc2nc(NN)c(Cl)cc2Cl)n1. The Balaban J connectivity index is 2.32. The zero-order valence-electron chi connectivity index (χ0n) is 8.70. The molecule has 2 aromatic rings. The molecule has 0 unspecified atom stereocenters. The fourth-order valence-corrected chi connectivity index (χ4v) is 2.36. The van der Waals surface area contributed by atoms with E-state index in [4.69, 9.17) is 33.5 Å². The van der Waals surface area contributed by atoms with Crippen LogP contribution in [0, 0.1) is 6.92 Å². The number of nitrogens with two attached hydrogens (primary N) is 1. The summed E-state index contributed by atoms with van der Waals surface area (Å²) < 4.78 is 5.20. The maximum Gasteiger partial charge on any atom is 0.262 e. The van der Waals surface area contributed by atoms with Crippen LogP contribution in [0.25, 0.3) is 0 Å². The number of oxazole rings is 1. The van der Waals surface area contributed by atoms with E-state index < -0.39 is 0 Å². The van der Waals surface area contributed by atoms with E-state index in [2.05, 4.69) is 15.4 Å². The molecule has 2 heterocycles. The van der Waals surface area contributed by atoms with Crippen molar-refractivity contribution in [1.82, 2.24) is 9.97 Å². The first-order valence-electron chi connectivity index (χ1n) is 4.53. The summed E-state index contributed by atoms with van der Waals surface area (Å²) in [7, 11) is 0. The molecule has 17 heavy (non-hydrogen) atoms. The number of rotatable bonds is 3. The molecule has 2 aromatic heterocycles. The van der Waals surface area contributed by atoms with Crippen LogP contribution in [0.3, 0.4) is 0 Å². The third-order valence-corrected chi connectivity index (χ3v) is 3.37. The molecule has 0 amide bonds. The van der Waals surface area contributed by atoms with Crippen LogP contribution in [0.2, 0.25) is 10.0 Å². The highest BCUT2D eigenvalue weighted by Gasteiger charge is 2.12. The number of anilines is 1. The number of nitrogens with zero attached hydrogens (tertiary/aromatic N) is 2. The van der Waals surface area contributed by atoms with E-state index in [9.17, 15) is 0 Å². The molecule has 0 aliphatic heterocycles. The number of pyridine rings is 1. The van der Waals surface area contributed by atoms with Gasteiger partial charge in [0.15, 0.2) is 5.82 Å². The van der Waals surface area contributed by atoms with Crippen LogP contribution in [0.4, 0.5) is 5.82 Å². The quantitative estimate of drug-likeness (QED) is 0.668. The van der Waals surface area contributed by atoms with E-state index in [1.54, 1.807) is 12.3 Å². The van der Waals surface area contributed by atoms with Crippen LogP contribution in [0.5, 0.6) is 0 Å². The summed E-state index contributed by atoms with van der Waals surface area (Å²) in [5.41, 5.74) is 3.17. The van der Waals surface area contributed by atoms with Crippen molar-refractivity contribution < 1.29 is 4.42 Å². The molecule has 0 saturated heterocycles. The van der Waals surface area contributed by atoms with Gasteiger partial charge >= 0.3 is 0 Å². The summed E-state index contributed by atoms with van der Waals surface area (Å²) in [5.74, 6) is 5.63. The molecule has 0 bridgehead atoms. The average molecular weight is 291 g/mol. The molecular weight excluding hydrogens is 283 g/mol. The van der Waals surface area contributed by atoms with Gasteiger partial charge in [-0.3, -0.25) is 0 Å². The largest absolute Gasteiger partial charge is 0.439 e. The van der Waals surface area contributed by atoms with E-state index in [0.717, 1.165) is 5.69 Å². The molecule has 90 valence electrons. The number of nitrogens with one attached hydrogen (secondary N) is 1. The van der Waals surface area contributed by atoms with E-state index in [1.165, 1.54) is 11.8 Å². The predicted octanol–water partition coefficient (Wildman–Crippen LogP) is 3.12. The van der Waals surface area contributed by atoms with E-state index in [1.807, 2.05) is 6.92 Å². The van der Waals surface area contributed by atoms with E-state index in [-0.39, 0.29) is 0 Å². The zero-order chi connectivity index (χ0) is 12.4. The molecule has 0 saturated carbocycles. The summed E-state index contributed by atoms with van der Waals surface area (Å²) in [5, 5.41) is 1.74. The second-order valence-electron chi connectivity index (χ2n) is 3.11. The van der Waals surface area contributed by atoms with Gasteiger partial charge in [-0.1, -0.05) is 23.2 Å². The molecule has 0 aromatic carbocycles. The molecular formula is C9H8Cl2N4OS. The van der Waals surface area contributed by atoms with Gasteiger partial charge in [0.25, 0.3) is 5.22 Å². The van der Waals surface area contributed by atoms with Crippen molar-refractivity contribution in [2.75, 3.05) is 5.43 Å². The summed E-state index contributed by atoms with van der Waals surface area (Å²) in [6.07, 6.45) is 1.55. The van der Waals surface area contributed by atoms with Crippen LogP contribution in [0.15, 0.2) is 27.0 Å². The van der Waals surface area contributed by atoms with Gasteiger partial charge in [0, 0.05) is 0 Å². The van der Waals surface area contributed by atoms with E-state index in [0.29, 0.717) is 26.1 Å². The lowest BCUT2D eigenvalue weighted by Gasteiger charge is -2.06. The first-order chi connectivity index (χ1) is 8.10. The first-order valence-corrected chi connectivity index (χ1v) is 6.10. The summed E-state index contributed by atoms with van der Waals surface area (Å²) in [6.45, 7) is 1.83. The molecule has 0 aliphatic carbocycles. The normalized spacial score (nSPS) is 10.6. The monoisotopic (exact) mass is 290 g/mol. The Labute approximate surface area is 112 Å². The van der Waals surface area contributed by atoms with Gasteiger partial charge in [0.2, 0.25) is 0 Å². The Morgan fingerprint density at radius 2 is 2.12 bits per heavy atom. The number of halogens is 2. The Bertz CT molecular complexity index is 546. The zero-order valence-corrected chi connectivity index (χ0v) is 11.0. The van der Waals surface area contributed by atoms with Gasteiger partial charge in [0.05, 0.1) is 15.7 Å². The lowest BCUT2D eigenvalue weighted by atomic mass is 10.4. The highest BCUT2D eigenvalue weighted by Crippen LogP contribution is 2.35. The molecule has 2 rings (SSSR count). The van der Waals surface area contributed by atoms with Crippen LogP contribution in [-0.2, 0) is 0 Å². The van der Waals surface area contributed by atoms with Crippen molar-refractivity contribution in [1.29, 1.82) is 0 Å². The standard InChI is InChI=1S/C9H8Cl2N4OS/c1-4-3-16-9(13-4)17-8-6(11)2-5(10)7(14-8)15-12/h2-3H,12H2,1H3,(H,14,15). The van der Waals surface area contributed by atoms with Crippen molar-refractivity contribution in [2.45, 2.75) is 17.2 Å². The van der Waals surface area contributed by atoms with Crippen LogP contribution >= 0.6 is 35.0 Å². The number of aromatic nitrogens is 2. The molecule has 3 N–H and O–H groups in total. The average Bonchev–Trinajstić information content (AvgIpc) is 2.68. The number of hydrazine groups is 1. The third kappa shape index (κ3) is 2.84. The van der Waals surface area contributed by atoms with Crippen LogP contribution in [-0.4, -0.2) is 9.97 Å². The van der Waals surface area contributed by atoms with Crippen LogP contribution < -0.4 is 11.3 Å². The van der Waals surface area contributed by atoms with Crippen molar-refractivity contribution in [3.05, 3.63) is 28.1 Å². The summed E-state index contributed by atoms with van der Waals surface area (Å²) >= 11 is 13.1. The van der Waals surface area contributed by atoms with Crippen molar-refractivity contribution in [3.63, 3.8) is 0 Å². The molecule has 0 aliphatic rings. The minimum absolute atomic E-state index is 0.349. The maximum atomic E-state index is 6.01. The third-order valence-electron chi connectivity index (χ3n) is 1.82. The second-order valence-corrected chi connectivity index (χ2v) is 4.86. The Kier molecular flexibility index (Phi) is 3.78. The number of hydrogen-bond acceptors (Lipinski definition) is 6. The lowest BCUT2D eigenvalue weighted by molar-refractivity contribution is 0.454. The van der Waals surface area contributed by atoms with Crippen molar-refractivity contribution >= 4 is 40.8 Å². The fourth-order valence-electron chi connectivity index (χ4n) is 1.08. The highest BCUT2D eigenvalue weighted by atomic mass is 35.5. The Morgan fingerprint density at radius 1 is 1.35 bits per heavy atom. The van der Waals surface area contributed by atoms with Crippen molar-refractivity contribution in [2.24, 2.45) is 5.84 Å². The second kappa shape index (κ2) is 5.14. The summed E-state index contributed by atoms with van der Waals surface area (Å²) in [4.78, 5) is 8.30. The highest BCUT2D eigenvalue weighted by molar-refractivity contribution is 7.99. The maximum absolute atomic E-state index is 6.01. The molecule has 0 atom stereocenters. The van der Waals surface area contributed by atoms with Crippen molar-refractivity contribution in [3.8, 4) is 0 Å². The molecule has 5 nitrogen and oxygen atoms in total. The minimum Gasteiger partial charge on any atom is -0.439 e. The van der Waals surface area contributed by atoms with Gasteiger partial charge in [-0.25, -0.2) is 15.8 Å². The van der Waals surface area contributed by atoms with Gasteiger partial charge in [-0.15, -0.1) is 0 Å². The fraction of sp³-hybridized carbons (Fsp3) is 0.111. The van der Waals surface area contributed by atoms with Gasteiger partial charge in [-0.2, -0.15) is 0 Å². The van der Waals surface area contributed by atoms with Gasteiger partial charge in [0.1, 0.15) is 11.3 Å². The predicted molar refractivity (Wildman–Crippen MR) is 67.4 cm³/mol. The lowest BCUT2D eigenvalue weighted by Crippen LogP contribution is -2.09. The number of nitrogen functional groups attached to an aromatic ring is 1. The smallest absolute Gasteiger partial charge is 0.262 e. The first kappa shape index (κ1) is 12.5. The van der Waals surface area contributed by atoms with E-state index >= 15 is 0 Å². The topological polar surface area (TPSA) is 77.0 Å². The molecule has 0 fully saturated rings.